The Balaban J connectivity index is 2.40. The molecule has 0 atom stereocenters. The Bertz CT molecular complexity index is 617. The normalized spacial score (nSPS) is 11.3. The van der Waals surface area contributed by atoms with Gasteiger partial charge in [-0.05, 0) is 24.6 Å². The number of esters is 1. The van der Waals surface area contributed by atoms with Crippen LogP contribution in [0.15, 0.2) is 24.4 Å². The summed E-state index contributed by atoms with van der Waals surface area (Å²) in [6, 6.07) is 2.94. The molecule has 0 N–H and O–H groups in total. The van der Waals surface area contributed by atoms with Crippen molar-refractivity contribution in [3.8, 4) is 0 Å². The molecule has 1 heterocycles. The number of benzene rings is 1. The zero-order valence-corrected chi connectivity index (χ0v) is 10.2. The maximum absolute atomic E-state index is 13.5. The summed E-state index contributed by atoms with van der Waals surface area (Å²) in [4.78, 5) is 11.2. The highest BCUT2D eigenvalue weighted by Crippen LogP contribution is 2.21. The topological polar surface area (TPSA) is 44.1 Å². The van der Waals surface area contributed by atoms with Crippen LogP contribution in [0.1, 0.15) is 12.5 Å². The molecule has 18 heavy (non-hydrogen) atoms. The average Bonchev–Trinajstić information content (AvgIpc) is 2.71. The summed E-state index contributed by atoms with van der Waals surface area (Å²) in [5.74, 6) is -0.794. The van der Waals surface area contributed by atoms with Crippen LogP contribution >= 0.6 is 0 Å². The molecule has 0 aliphatic heterocycles. The van der Waals surface area contributed by atoms with Crippen molar-refractivity contribution >= 4 is 22.9 Å². The van der Waals surface area contributed by atoms with Crippen LogP contribution in [0, 0.1) is 5.82 Å². The number of carbonyl (C=O) groups excluding carboxylic acids is 1. The van der Waals surface area contributed by atoms with E-state index in [4.69, 9.17) is 4.74 Å². The van der Waals surface area contributed by atoms with Crippen LogP contribution in [0.25, 0.3) is 17.0 Å². The minimum Gasteiger partial charge on any atom is -0.463 e. The largest absolute Gasteiger partial charge is 0.463 e. The predicted octanol–water partition coefficient (Wildman–Crippen LogP) is 2.29. The van der Waals surface area contributed by atoms with Gasteiger partial charge in [-0.2, -0.15) is 5.10 Å². The molecule has 2 rings (SSSR count). The Hall–Kier alpha value is -2.17. The van der Waals surface area contributed by atoms with Gasteiger partial charge in [-0.25, -0.2) is 9.18 Å². The monoisotopic (exact) mass is 248 g/mol. The number of carbonyl (C=O) groups is 1. The van der Waals surface area contributed by atoms with Gasteiger partial charge in [0.1, 0.15) is 5.52 Å². The second kappa shape index (κ2) is 5.00. The zero-order chi connectivity index (χ0) is 13.1. The highest BCUT2D eigenvalue weighted by atomic mass is 19.1. The lowest BCUT2D eigenvalue weighted by Crippen LogP contribution is -1.98. The molecule has 0 radical (unpaired) electrons. The van der Waals surface area contributed by atoms with Crippen molar-refractivity contribution in [3.05, 3.63) is 35.8 Å². The molecule has 4 nitrogen and oxygen atoms in total. The van der Waals surface area contributed by atoms with Crippen LogP contribution < -0.4 is 0 Å². The van der Waals surface area contributed by atoms with Gasteiger partial charge >= 0.3 is 5.97 Å². The minimum atomic E-state index is -0.418. The third-order valence-corrected chi connectivity index (χ3v) is 2.46. The fourth-order valence-corrected chi connectivity index (χ4v) is 1.70. The molecule has 0 unspecified atom stereocenters. The van der Waals surface area contributed by atoms with Crippen molar-refractivity contribution in [3.63, 3.8) is 0 Å². The Morgan fingerprint density at radius 3 is 3.06 bits per heavy atom. The summed E-state index contributed by atoms with van der Waals surface area (Å²) in [5.41, 5.74) is 1.02. The smallest absolute Gasteiger partial charge is 0.330 e. The van der Waals surface area contributed by atoms with Crippen LogP contribution in [0.2, 0.25) is 0 Å². The van der Waals surface area contributed by atoms with E-state index in [1.165, 1.54) is 16.8 Å². The standard InChI is InChI=1S/C13H13FN2O2/c1-3-18-12(17)7-5-9-4-6-11(14)13-10(9)8-16(2)15-13/h4-8H,3H2,1-2H3/b7-5+. The van der Waals surface area contributed by atoms with Crippen LogP contribution in [0.4, 0.5) is 4.39 Å². The zero-order valence-electron chi connectivity index (χ0n) is 10.2. The lowest BCUT2D eigenvalue weighted by molar-refractivity contribution is -0.137. The molecule has 0 saturated carbocycles. The predicted molar refractivity (Wildman–Crippen MR) is 66.3 cm³/mol. The Kier molecular flexibility index (Phi) is 3.41. The molecule has 0 spiro atoms. The fraction of sp³-hybridized carbons (Fsp3) is 0.231. The van der Waals surface area contributed by atoms with Gasteiger partial charge in [0.2, 0.25) is 0 Å². The van der Waals surface area contributed by atoms with Crippen LogP contribution in [-0.4, -0.2) is 22.4 Å². The Morgan fingerprint density at radius 2 is 2.33 bits per heavy atom. The number of hydrogen-bond donors (Lipinski definition) is 0. The van der Waals surface area contributed by atoms with Gasteiger partial charge in [-0.15, -0.1) is 0 Å². The second-order valence-electron chi connectivity index (χ2n) is 3.79. The number of nitrogens with zero attached hydrogens (tertiary/aromatic N) is 2. The van der Waals surface area contributed by atoms with E-state index in [2.05, 4.69) is 5.10 Å². The lowest BCUT2D eigenvalue weighted by atomic mass is 10.1. The third kappa shape index (κ3) is 2.40. The van der Waals surface area contributed by atoms with E-state index in [0.717, 1.165) is 5.56 Å². The van der Waals surface area contributed by atoms with Gasteiger partial charge in [-0.3, -0.25) is 4.68 Å². The molecule has 0 aliphatic carbocycles. The van der Waals surface area contributed by atoms with E-state index in [-0.39, 0.29) is 5.82 Å². The molecular formula is C13H13FN2O2. The molecule has 0 saturated heterocycles. The molecule has 2 aromatic rings. The molecule has 1 aromatic heterocycles. The van der Waals surface area contributed by atoms with Crippen molar-refractivity contribution in [2.75, 3.05) is 6.61 Å². The van der Waals surface area contributed by atoms with Crippen molar-refractivity contribution < 1.29 is 13.9 Å². The van der Waals surface area contributed by atoms with Gasteiger partial charge in [0.05, 0.1) is 6.61 Å². The highest BCUT2D eigenvalue weighted by molar-refractivity contribution is 5.93. The maximum Gasteiger partial charge on any atom is 0.330 e. The average molecular weight is 248 g/mol. The first kappa shape index (κ1) is 12.3. The molecule has 0 bridgehead atoms. The number of hydrogen-bond acceptors (Lipinski definition) is 3. The van der Waals surface area contributed by atoms with E-state index in [0.29, 0.717) is 17.5 Å². The fourth-order valence-electron chi connectivity index (χ4n) is 1.70. The molecule has 5 heteroatoms. The van der Waals surface area contributed by atoms with E-state index in [9.17, 15) is 9.18 Å². The van der Waals surface area contributed by atoms with E-state index < -0.39 is 5.97 Å². The van der Waals surface area contributed by atoms with Crippen molar-refractivity contribution in [2.24, 2.45) is 7.05 Å². The summed E-state index contributed by atoms with van der Waals surface area (Å²) < 4.78 is 19.8. The van der Waals surface area contributed by atoms with E-state index in [1.54, 1.807) is 32.3 Å². The van der Waals surface area contributed by atoms with Gasteiger partial charge < -0.3 is 4.74 Å². The summed E-state index contributed by atoms with van der Waals surface area (Å²) in [5, 5.41) is 4.69. The van der Waals surface area contributed by atoms with Gasteiger partial charge in [-0.1, -0.05) is 6.07 Å². The molecule has 0 amide bonds. The summed E-state index contributed by atoms with van der Waals surface area (Å²) in [7, 11) is 1.72. The maximum atomic E-state index is 13.5. The van der Waals surface area contributed by atoms with Crippen molar-refractivity contribution in [1.29, 1.82) is 0 Å². The number of rotatable bonds is 3. The second-order valence-corrected chi connectivity index (χ2v) is 3.79. The number of halogens is 1. The van der Waals surface area contributed by atoms with E-state index in [1.807, 2.05) is 0 Å². The number of ether oxygens (including phenoxy) is 1. The summed E-state index contributed by atoms with van der Waals surface area (Å²) >= 11 is 0. The summed E-state index contributed by atoms with van der Waals surface area (Å²) in [6.07, 6.45) is 4.63. The molecule has 0 aliphatic rings. The summed E-state index contributed by atoms with van der Waals surface area (Å²) in [6.45, 7) is 2.07. The number of aromatic nitrogens is 2. The highest BCUT2D eigenvalue weighted by Gasteiger charge is 2.08. The van der Waals surface area contributed by atoms with Crippen molar-refractivity contribution in [2.45, 2.75) is 6.92 Å². The molecule has 94 valence electrons. The van der Waals surface area contributed by atoms with Crippen LogP contribution in [-0.2, 0) is 16.6 Å². The van der Waals surface area contributed by atoms with Crippen LogP contribution in [0.5, 0.6) is 0 Å². The Morgan fingerprint density at radius 1 is 1.56 bits per heavy atom. The lowest BCUT2D eigenvalue weighted by Gasteiger charge is -1.97. The quantitative estimate of drug-likeness (QED) is 0.618. The minimum absolute atomic E-state index is 0.295. The Labute approximate surface area is 104 Å². The first-order valence-corrected chi connectivity index (χ1v) is 5.58. The third-order valence-electron chi connectivity index (χ3n) is 2.46. The van der Waals surface area contributed by atoms with Gasteiger partial charge in [0.15, 0.2) is 5.82 Å². The SMILES string of the molecule is CCOC(=O)/C=C/c1ccc(F)c2nn(C)cc12. The first-order valence-electron chi connectivity index (χ1n) is 5.58. The van der Waals surface area contributed by atoms with Gasteiger partial charge in [0.25, 0.3) is 0 Å². The number of fused-ring (bicyclic) bond motifs is 1. The number of aryl methyl sites for hydroxylation is 1. The molecule has 0 fully saturated rings. The first-order chi connectivity index (χ1) is 8.61. The van der Waals surface area contributed by atoms with Crippen molar-refractivity contribution in [1.82, 2.24) is 9.78 Å². The molecule has 1 aromatic carbocycles. The van der Waals surface area contributed by atoms with E-state index >= 15 is 0 Å². The van der Waals surface area contributed by atoms with Gasteiger partial charge in [0, 0.05) is 24.7 Å². The molecular weight excluding hydrogens is 235 g/mol. The van der Waals surface area contributed by atoms with Crippen LogP contribution in [0.3, 0.4) is 0 Å².